The van der Waals surface area contributed by atoms with Gasteiger partial charge in [0.15, 0.2) is 0 Å². The molecule has 5 nitrogen and oxygen atoms in total. The Labute approximate surface area is 124 Å². The van der Waals surface area contributed by atoms with Crippen molar-refractivity contribution in [2.75, 3.05) is 13.7 Å². The normalized spacial score (nSPS) is 13.8. The molecular formula is C12H16BrNO4S. The van der Waals surface area contributed by atoms with Crippen LogP contribution in [0.5, 0.6) is 0 Å². The maximum atomic E-state index is 11.9. The Morgan fingerprint density at radius 2 is 2.21 bits per heavy atom. The number of carboxylic acid groups (broad SMARTS) is 1. The molecule has 0 aliphatic carbocycles. The summed E-state index contributed by atoms with van der Waals surface area (Å²) in [6.45, 7) is 1.81. The molecule has 1 heterocycles. The Kier molecular flexibility index (Phi) is 5.96. The number of halogens is 1. The fraction of sp³-hybridized carbons (Fsp3) is 0.500. The lowest BCUT2D eigenvalue weighted by atomic mass is 9.98. The van der Waals surface area contributed by atoms with E-state index in [1.807, 2.05) is 12.1 Å². The van der Waals surface area contributed by atoms with Gasteiger partial charge in [0.05, 0.1) is 28.8 Å². The first-order valence-electron chi connectivity index (χ1n) is 5.60. The number of hydrogen-bond acceptors (Lipinski definition) is 4. The second kappa shape index (κ2) is 7.02. The van der Waals surface area contributed by atoms with E-state index in [0.717, 1.165) is 8.66 Å². The van der Waals surface area contributed by atoms with Gasteiger partial charge in [0.1, 0.15) is 0 Å². The highest BCUT2D eigenvalue weighted by Gasteiger charge is 2.29. The number of aliphatic carboxylic acids is 1. The number of thiophene rings is 1. The third-order valence-electron chi connectivity index (χ3n) is 2.41. The van der Waals surface area contributed by atoms with E-state index in [0.29, 0.717) is 0 Å². The molecule has 0 fully saturated rings. The van der Waals surface area contributed by atoms with E-state index in [9.17, 15) is 9.59 Å². The van der Waals surface area contributed by atoms with Crippen LogP contribution in [-0.2, 0) is 20.7 Å². The van der Waals surface area contributed by atoms with Crippen molar-refractivity contribution in [2.45, 2.75) is 25.3 Å². The van der Waals surface area contributed by atoms with Crippen LogP contribution in [-0.4, -0.2) is 36.2 Å². The summed E-state index contributed by atoms with van der Waals surface area (Å²) in [5.41, 5.74) is -0.897. The first-order valence-corrected chi connectivity index (χ1v) is 7.21. The molecular weight excluding hydrogens is 334 g/mol. The van der Waals surface area contributed by atoms with E-state index in [2.05, 4.69) is 21.2 Å². The highest BCUT2D eigenvalue weighted by atomic mass is 79.9. The monoisotopic (exact) mass is 349 g/mol. The van der Waals surface area contributed by atoms with Crippen molar-refractivity contribution in [2.24, 2.45) is 0 Å². The first kappa shape index (κ1) is 16.1. The molecule has 0 saturated heterocycles. The first-order chi connectivity index (χ1) is 8.84. The summed E-state index contributed by atoms with van der Waals surface area (Å²) in [5, 5.41) is 11.6. The lowest BCUT2D eigenvalue weighted by molar-refractivity contribution is -0.139. The molecule has 0 aliphatic heterocycles. The van der Waals surface area contributed by atoms with E-state index in [-0.39, 0.29) is 25.4 Å². The van der Waals surface area contributed by atoms with E-state index in [1.165, 1.54) is 18.4 Å². The largest absolute Gasteiger partial charge is 0.481 e. The summed E-state index contributed by atoms with van der Waals surface area (Å²) >= 11 is 4.81. The number of ether oxygens (including phenoxy) is 1. The molecule has 2 N–H and O–H groups in total. The number of nitrogens with one attached hydrogen (secondary N) is 1. The molecule has 7 heteroatoms. The lowest BCUT2D eigenvalue weighted by Crippen LogP contribution is -2.51. The van der Waals surface area contributed by atoms with Gasteiger partial charge in [0.2, 0.25) is 5.91 Å². The van der Waals surface area contributed by atoms with Crippen molar-refractivity contribution in [3.8, 4) is 0 Å². The van der Waals surface area contributed by atoms with Crippen molar-refractivity contribution in [3.63, 3.8) is 0 Å². The minimum atomic E-state index is -0.973. The molecule has 0 spiro atoms. The Morgan fingerprint density at radius 1 is 1.53 bits per heavy atom. The zero-order valence-corrected chi connectivity index (χ0v) is 13.1. The summed E-state index contributed by atoms with van der Waals surface area (Å²) in [5.74, 6) is -1.19. The van der Waals surface area contributed by atoms with Crippen LogP contribution < -0.4 is 5.32 Å². The molecule has 0 aliphatic rings. The van der Waals surface area contributed by atoms with Crippen molar-refractivity contribution in [3.05, 3.63) is 20.8 Å². The number of amides is 1. The zero-order valence-electron chi connectivity index (χ0n) is 10.7. The lowest BCUT2D eigenvalue weighted by Gasteiger charge is -2.28. The van der Waals surface area contributed by atoms with Crippen LogP contribution in [0.3, 0.4) is 0 Å². The predicted octanol–water partition coefficient (Wildman–Crippen LogP) is 2.05. The molecule has 1 aromatic rings. The van der Waals surface area contributed by atoms with E-state index >= 15 is 0 Å². The molecule has 0 aromatic carbocycles. The second-order valence-corrected chi connectivity index (χ2v) is 7.04. The van der Waals surface area contributed by atoms with Gasteiger partial charge in [0.25, 0.3) is 0 Å². The van der Waals surface area contributed by atoms with Gasteiger partial charge in [-0.3, -0.25) is 9.59 Å². The summed E-state index contributed by atoms with van der Waals surface area (Å²) in [6.07, 6.45) is 0.0515. The number of carboxylic acids is 1. The SMILES string of the molecule is COCC(C)(CC(=O)O)NC(=O)Cc1ccc(Br)s1. The summed E-state index contributed by atoms with van der Waals surface area (Å²) in [6, 6.07) is 3.73. The van der Waals surface area contributed by atoms with Gasteiger partial charge in [-0.1, -0.05) is 0 Å². The standard InChI is InChI=1S/C12H16BrNO4S/c1-12(7-18-2,6-11(16)17)14-10(15)5-8-3-4-9(13)19-8/h3-4H,5-7H2,1-2H3,(H,14,15)(H,16,17). The fourth-order valence-electron chi connectivity index (χ4n) is 1.77. The maximum absolute atomic E-state index is 11.9. The smallest absolute Gasteiger partial charge is 0.305 e. The third kappa shape index (κ3) is 5.71. The summed E-state index contributed by atoms with van der Waals surface area (Å²) in [4.78, 5) is 23.7. The van der Waals surface area contributed by atoms with Crippen LogP contribution in [0.15, 0.2) is 15.9 Å². The zero-order chi connectivity index (χ0) is 14.5. The summed E-state index contributed by atoms with van der Waals surface area (Å²) < 4.78 is 5.94. The second-order valence-electron chi connectivity index (χ2n) is 4.49. The van der Waals surface area contributed by atoms with Gasteiger partial charge in [-0.2, -0.15) is 0 Å². The number of carbonyl (C=O) groups is 2. The molecule has 0 radical (unpaired) electrons. The van der Waals surface area contributed by atoms with Gasteiger partial charge in [-0.25, -0.2) is 0 Å². The quantitative estimate of drug-likeness (QED) is 0.789. The third-order valence-corrected chi connectivity index (χ3v) is 4.03. The minimum Gasteiger partial charge on any atom is -0.481 e. The Morgan fingerprint density at radius 3 is 2.68 bits per heavy atom. The van der Waals surface area contributed by atoms with E-state index < -0.39 is 11.5 Å². The van der Waals surface area contributed by atoms with Crippen LogP contribution in [0.2, 0.25) is 0 Å². The van der Waals surface area contributed by atoms with E-state index in [1.54, 1.807) is 6.92 Å². The number of rotatable bonds is 7. The molecule has 0 bridgehead atoms. The van der Waals surface area contributed by atoms with Crippen LogP contribution in [0.1, 0.15) is 18.2 Å². The van der Waals surface area contributed by atoms with Crippen molar-refractivity contribution in [1.29, 1.82) is 0 Å². The Balaban J connectivity index is 2.63. The Bertz CT molecular complexity index is 462. The number of methoxy groups -OCH3 is 1. The van der Waals surface area contributed by atoms with Crippen molar-refractivity contribution in [1.82, 2.24) is 5.32 Å². The molecule has 19 heavy (non-hydrogen) atoms. The highest BCUT2D eigenvalue weighted by molar-refractivity contribution is 9.11. The van der Waals surface area contributed by atoms with Gasteiger partial charge in [0, 0.05) is 12.0 Å². The molecule has 1 unspecified atom stereocenters. The Hall–Kier alpha value is -0.920. The van der Waals surface area contributed by atoms with Crippen LogP contribution in [0, 0.1) is 0 Å². The number of carbonyl (C=O) groups excluding carboxylic acids is 1. The molecule has 1 rings (SSSR count). The molecule has 0 saturated carbocycles. The molecule has 1 aromatic heterocycles. The van der Waals surface area contributed by atoms with Gasteiger partial charge in [-0.15, -0.1) is 11.3 Å². The van der Waals surface area contributed by atoms with E-state index in [4.69, 9.17) is 9.84 Å². The van der Waals surface area contributed by atoms with Crippen molar-refractivity contribution < 1.29 is 19.4 Å². The van der Waals surface area contributed by atoms with Gasteiger partial charge >= 0.3 is 5.97 Å². The number of hydrogen-bond donors (Lipinski definition) is 2. The highest BCUT2D eigenvalue weighted by Crippen LogP contribution is 2.22. The average Bonchev–Trinajstić information content (AvgIpc) is 2.61. The van der Waals surface area contributed by atoms with Crippen LogP contribution >= 0.6 is 27.3 Å². The molecule has 1 atom stereocenters. The maximum Gasteiger partial charge on any atom is 0.305 e. The molecule has 106 valence electrons. The van der Waals surface area contributed by atoms with Crippen LogP contribution in [0.25, 0.3) is 0 Å². The minimum absolute atomic E-state index is 0.152. The molecule has 1 amide bonds. The average molecular weight is 350 g/mol. The topological polar surface area (TPSA) is 75.6 Å². The predicted molar refractivity (Wildman–Crippen MR) is 76.4 cm³/mol. The van der Waals surface area contributed by atoms with Gasteiger partial charge < -0.3 is 15.2 Å². The summed E-state index contributed by atoms with van der Waals surface area (Å²) in [7, 11) is 1.47. The van der Waals surface area contributed by atoms with Crippen LogP contribution in [0.4, 0.5) is 0 Å². The fourth-order valence-corrected chi connectivity index (χ4v) is 3.25. The van der Waals surface area contributed by atoms with Gasteiger partial charge in [-0.05, 0) is 35.0 Å². The van der Waals surface area contributed by atoms with Crippen molar-refractivity contribution >= 4 is 39.1 Å².